The van der Waals surface area contributed by atoms with Gasteiger partial charge in [0.05, 0.1) is 31.1 Å². The van der Waals surface area contributed by atoms with Gasteiger partial charge in [-0.2, -0.15) is 5.10 Å². The Kier molecular flexibility index (Phi) is 3.04. The van der Waals surface area contributed by atoms with E-state index in [0.29, 0.717) is 13.2 Å². The number of aromatic amines is 1. The van der Waals surface area contributed by atoms with Gasteiger partial charge in [-0.3, -0.25) is 5.10 Å². The van der Waals surface area contributed by atoms with Gasteiger partial charge in [0.25, 0.3) is 0 Å². The lowest BCUT2D eigenvalue weighted by molar-refractivity contribution is 0.122. The highest BCUT2D eigenvalue weighted by Gasteiger charge is 2.25. The third-order valence-corrected chi connectivity index (χ3v) is 2.87. The van der Waals surface area contributed by atoms with Crippen molar-refractivity contribution in [1.29, 1.82) is 0 Å². The predicted molar refractivity (Wildman–Crippen MR) is 55.5 cm³/mol. The number of aromatic nitrogens is 2. The van der Waals surface area contributed by atoms with E-state index >= 15 is 0 Å². The van der Waals surface area contributed by atoms with Gasteiger partial charge in [-0.25, -0.2) is 0 Å². The third-order valence-electron chi connectivity index (χ3n) is 2.87. The Balaban J connectivity index is 1.93. The van der Waals surface area contributed by atoms with Gasteiger partial charge in [0.15, 0.2) is 0 Å². The molecule has 15 heavy (non-hydrogen) atoms. The summed E-state index contributed by atoms with van der Waals surface area (Å²) in [5, 5.41) is 19.9. The van der Waals surface area contributed by atoms with E-state index in [9.17, 15) is 5.11 Å². The van der Waals surface area contributed by atoms with Crippen molar-refractivity contribution in [2.24, 2.45) is 0 Å². The number of nitrogens with zero attached hydrogens (tertiary/aromatic N) is 1. The third kappa shape index (κ3) is 2.19. The number of ether oxygens (including phenoxy) is 1. The molecule has 1 aromatic rings. The summed E-state index contributed by atoms with van der Waals surface area (Å²) in [5.74, 6) is 0. The van der Waals surface area contributed by atoms with E-state index in [-0.39, 0.29) is 6.04 Å². The van der Waals surface area contributed by atoms with Crippen molar-refractivity contribution in [2.75, 3.05) is 13.2 Å². The summed E-state index contributed by atoms with van der Waals surface area (Å²) in [5.41, 5.74) is 3.26. The fourth-order valence-electron chi connectivity index (χ4n) is 1.81. The largest absolute Gasteiger partial charge is 0.389 e. The summed E-state index contributed by atoms with van der Waals surface area (Å²) in [6, 6.07) is 0.0405. The molecule has 2 heterocycles. The molecule has 1 fully saturated rings. The topological polar surface area (TPSA) is 70.2 Å². The highest BCUT2D eigenvalue weighted by atomic mass is 16.5. The Morgan fingerprint density at radius 2 is 2.33 bits per heavy atom. The Labute approximate surface area is 88.8 Å². The molecule has 5 nitrogen and oxygen atoms in total. The van der Waals surface area contributed by atoms with Crippen molar-refractivity contribution in [3.63, 3.8) is 0 Å². The number of aryl methyl sites for hydroxylation is 2. The molecule has 0 spiro atoms. The maximum Gasteiger partial charge on any atom is 0.0948 e. The zero-order valence-electron chi connectivity index (χ0n) is 9.08. The first-order chi connectivity index (χ1) is 7.18. The quantitative estimate of drug-likeness (QED) is 0.651. The van der Waals surface area contributed by atoms with E-state index in [2.05, 4.69) is 15.5 Å². The lowest BCUT2D eigenvalue weighted by Gasteiger charge is -2.14. The fourth-order valence-corrected chi connectivity index (χ4v) is 1.81. The first kappa shape index (κ1) is 10.6. The van der Waals surface area contributed by atoms with Crippen molar-refractivity contribution in [3.8, 4) is 0 Å². The number of aliphatic hydroxyl groups excluding tert-OH is 1. The molecule has 84 valence electrons. The Hall–Kier alpha value is -0.910. The van der Waals surface area contributed by atoms with Crippen LogP contribution >= 0.6 is 0 Å². The van der Waals surface area contributed by atoms with E-state index in [4.69, 9.17) is 4.74 Å². The van der Waals surface area contributed by atoms with E-state index < -0.39 is 6.10 Å². The average molecular weight is 211 g/mol. The van der Waals surface area contributed by atoms with E-state index in [1.165, 1.54) is 5.56 Å². The normalized spacial score (nSPS) is 26.1. The fraction of sp³-hybridized carbons (Fsp3) is 0.700. The Bertz CT molecular complexity index is 318. The van der Waals surface area contributed by atoms with E-state index in [1.807, 2.05) is 13.8 Å². The molecule has 2 unspecified atom stereocenters. The first-order valence-corrected chi connectivity index (χ1v) is 5.18. The van der Waals surface area contributed by atoms with Gasteiger partial charge >= 0.3 is 0 Å². The molecule has 2 rings (SSSR count). The van der Waals surface area contributed by atoms with Crippen LogP contribution in [0.1, 0.15) is 17.0 Å². The Morgan fingerprint density at radius 1 is 1.53 bits per heavy atom. The predicted octanol–water partition coefficient (Wildman–Crippen LogP) is -0.124. The Morgan fingerprint density at radius 3 is 2.87 bits per heavy atom. The van der Waals surface area contributed by atoms with Gasteiger partial charge in [-0.05, 0) is 13.8 Å². The number of hydrogen-bond acceptors (Lipinski definition) is 4. The standard InChI is InChI=1S/C10H17N3O2/c1-6-8(7(2)13-12-6)3-11-9-4-15-5-10(9)14/h9-11,14H,3-5H2,1-2H3,(H,12,13). The minimum Gasteiger partial charge on any atom is -0.389 e. The van der Waals surface area contributed by atoms with Crippen LogP contribution in [0.15, 0.2) is 0 Å². The summed E-state index contributed by atoms with van der Waals surface area (Å²) in [6.07, 6.45) is -0.391. The molecule has 1 aliphatic rings. The average Bonchev–Trinajstić information content (AvgIpc) is 2.73. The van der Waals surface area contributed by atoms with E-state index in [0.717, 1.165) is 17.9 Å². The number of hydrogen-bond donors (Lipinski definition) is 3. The highest BCUT2D eigenvalue weighted by molar-refractivity contribution is 5.22. The zero-order chi connectivity index (χ0) is 10.8. The van der Waals surface area contributed by atoms with Crippen molar-refractivity contribution < 1.29 is 9.84 Å². The molecule has 3 N–H and O–H groups in total. The molecular weight excluding hydrogens is 194 g/mol. The van der Waals surface area contributed by atoms with Gasteiger partial charge in [0, 0.05) is 17.8 Å². The minimum absolute atomic E-state index is 0.0405. The van der Waals surface area contributed by atoms with Crippen LogP contribution in [0.3, 0.4) is 0 Å². The van der Waals surface area contributed by atoms with Crippen LogP contribution in [0.25, 0.3) is 0 Å². The van der Waals surface area contributed by atoms with Crippen LogP contribution in [0.2, 0.25) is 0 Å². The van der Waals surface area contributed by atoms with Crippen LogP contribution in [0.4, 0.5) is 0 Å². The molecule has 5 heteroatoms. The second kappa shape index (κ2) is 4.30. The number of aliphatic hydroxyl groups is 1. The number of nitrogens with one attached hydrogen (secondary N) is 2. The molecule has 0 saturated carbocycles. The van der Waals surface area contributed by atoms with Gasteiger partial charge in [-0.15, -0.1) is 0 Å². The molecular formula is C10H17N3O2. The molecule has 1 saturated heterocycles. The minimum atomic E-state index is -0.391. The molecule has 0 radical (unpaired) electrons. The summed E-state index contributed by atoms with van der Waals surface area (Å²) in [4.78, 5) is 0. The molecule has 0 aromatic carbocycles. The van der Waals surface area contributed by atoms with Crippen molar-refractivity contribution in [2.45, 2.75) is 32.5 Å². The summed E-state index contributed by atoms with van der Waals surface area (Å²) < 4.78 is 5.16. The van der Waals surface area contributed by atoms with E-state index in [1.54, 1.807) is 0 Å². The maximum absolute atomic E-state index is 9.55. The van der Waals surface area contributed by atoms with Gasteiger partial charge in [0.2, 0.25) is 0 Å². The maximum atomic E-state index is 9.55. The van der Waals surface area contributed by atoms with Gasteiger partial charge < -0.3 is 15.2 Å². The van der Waals surface area contributed by atoms with Crippen molar-refractivity contribution in [3.05, 3.63) is 17.0 Å². The van der Waals surface area contributed by atoms with Crippen LogP contribution in [0, 0.1) is 13.8 Å². The smallest absolute Gasteiger partial charge is 0.0948 e. The van der Waals surface area contributed by atoms with Crippen molar-refractivity contribution >= 4 is 0 Å². The number of rotatable bonds is 3. The SMILES string of the molecule is Cc1n[nH]c(C)c1CNC1COCC1O. The second-order valence-corrected chi connectivity index (χ2v) is 4.00. The van der Waals surface area contributed by atoms with Crippen LogP contribution in [-0.2, 0) is 11.3 Å². The monoisotopic (exact) mass is 211 g/mol. The van der Waals surface area contributed by atoms with Crippen molar-refractivity contribution in [1.82, 2.24) is 15.5 Å². The molecule has 2 atom stereocenters. The lowest BCUT2D eigenvalue weighted by atomic mass is 10.1. The highest BCUT2D eigenvalue weighted by Crippen LogP contribution is 2.11. The molecule has 1 aliphatic heterocycles. The van der Waals surface area contributed by atoms with Gasteiger partial charge in [-0.1, -0.05) is 0 Å². The van der Waals surface area contributed by atoms with Crippen LogP contribution in [-0.4, -0.2) is 40.7 Å². The zero-order valence-corrected chi connectivity index (χ0v) is 9.08. The summed E-state index contributed by atoms with van der Waals surface area (Å²) in [6.45, 7) is 5.71. The summed E-state index contributed by atoms with van der Waals surface area (Å²) >= 11 is 0. The lowest BCUT2D eigenvalue weighted by Crippen LogP contribution is -2.38. The number of H-pyrrole nitrogens is 1. The molecule has 0 aliphatic carbocycles. The molecule has 1 aromatic heterocycles. The second-order valence-electron chi connectivity index (χ2n) is 4.00. The van der Waals surface area contributed by atoms with Gasteiger partial charge in [0.1, 0.15) is 0 Å². The van der Waals surface area contributed by atoms with Crippen LogP contribution in [0.5, 0.6) is 0 Å². The van der Waals surface area contributed by atoms with Crippen LogP contribution < -0.4 is 5.32 Å². The summed E-state index contributed by atoms with van der Waals surface area (Å²) in [7, 11) is 0. The molecule has 0 bridgehead atoms. The molecule has 0 amide bonds. The first-order valence-electron chi connectivity index (χ1n) is 5.18.